The molecule has 3 rings (SSSR count). The Balaban J connectivity index is 1.73. The summed E-state index contributed by atoms with van der Waals surface area (Å²) >= 11 is 5.88. The van der Waals surface area contributed by atoms with Crippen molar-refractivity contribution < 1.29 is 13.2 Å². The molecule has 7 nitrogen and oxygen atoms in total. The van der Waals surface area contributed by atoms with Crippen LogP contribution in [0.15, 0.2) is 89.1 Å². The van der Waals surface area contributed by atoms with Crippen LogP contribution in [-0.2, 0) is 21.2 Å². The Hall–Kier alpha value is -3.07. The summed E-state index contributed by atoms with van der Waals surface area (Å²) in [5, 5.41) is 4.30. The molecule has 0 fully saturated rings. The first-order valence-electron chi connectivity index (χ1n) is 9.47. The molecule has 1 heterocycles. The molecule has 2 aromatic carbocycles. The van der Waals surface area contributed by atoms with E-state index in [1.54, 1.807) is 24.5 Å². The summed E-state index contributed by atoms with van der Waals surface area (Å²) in [5.74, 6) is -0.550. The van der Waals surface area contributed by atoms with Crippen molar-refractivity contribution in [3.05, 3.63) is 95.3 Å². The second-order valence-corrected chi connectivity index (χ2v) is 8.98. The average Bonchev–Trinajstić information content (AvgIpc) is 2.78. The van der Waals surface area contributed by atoms with Crippen molar-refractivity contribution in [1.82, 2.24) is 14.7 Å². The minimum atomic E-state index is -3.91. The van der Waals surface area contributed by atoms with Gasteiger partial charge < -0.3 is 0 Å². The zero-order valence-corrected chi connectivity index (χ0v) is 18.1. The standard InChI is InChI=1S/C22H21ClN4O3S/c23-20-8-10-21(11-9-20)31(29,30)27(14-12-18-5-2-1-3-6-18)17-22(28)26-25-16-19-7-4-13-24-15-19/h1-11,13,15-16H,12,14,17H2,(H,26,28)/b25-16+. The number of halogens is 1. The molecule has 9 heteroatoms. The van der Waals surface area contributed by atoms with Gasteiger partial charge in [0.05, 0.1) is 17.7 Å². The fourth-order valence-corrected chi connectivity index (χ4v) is 4.29. The molecule has 0 bridgehead atoms. The first-order valence-corrected chi connectivity index (χ1v) is 11.3. The molecule has 1 aromatic heterocycles. The van der Waals surface area contributed by atoms with E-state index in [0.717, 1.165) is 9.87 Å². The molecule has 0 aliphatic carbocycles. The van der Waals surface area contributed by atoms with E-state index >= 15 is 0 Å². The van der Waals surface area contributed by atoms with E-state index in [1.165, 1.54) is 30.5 Å². The smallest absolute Gasteiger partial charge is 0.255 e. The fourth-order valence-electron chi connectivity index (χ4n) is 2.76. The van der Waals surface area contributed by atoms with E-state index in [-0.39, 0.29) is 18.0 Å². The van der Waals surface area contributed by atoms with Gasteiger partial charge in [-0.2, -0.15) is 9.41 Å². The third-order valence-corrected chi connectivity index (χ3v) is 6.46. The lowest BCUT2D eigenvalue weighted by molar-refractivity contribution is -0.121. The summed E-state index contributed by atoms with van der Waals surface area (Å²) < 4.78 is 27.4. The quantitative estimate of drug-likeness (QED) is 0.395. The van der Waals surface area contributed by atoms with Gasteiger partial charge in [-0.05, 0) is 42.3 Å². The minimum Gasteiger partial charge on any atom is -0.272 e. The monoisotopic (exact) mass is 456 g/mol. The van der Waals surface area contributed by atoms with E-state index in [1.807, 2.05) is 30.3 Å². The molecule has 1 amide bonds. The van der Waals surface area contributed by atoms with Crippen LogP contribution in [0.2, 0.25) is 5.02 Å². The number of aromatic nitrogens is 1. The van der Waals surface area contributed by atoms with E-state index in [4.69, 9.17) is 11.6 Å². The fraction of sp³-hybridized carbons (Fsp3) is 0.136. The topological polar surface area (TPSA) is 91.7 Å². The van der Waals surface area contributed by atoms with Gasteiger partial charge in [-0.15, -0.1) is 0 Å². The van der Waals surface area contributed by atoms with Gasteiger partial charge in [0.2, 0.25) is 10.0 Å². The molecule has 160 valence electrons. The van der Waals surface area contributed by atoms with Crippen molar-refractivity contribution in [2.24, 2.45) is 5.10 Å². The molecule has 3 aromatic rings. The van der Waals surface area contributed by atoms with Crippen molar-refractivity contribution in [3.63, 3.8) is 0 Å². The Labute approximate surface area is 186 Å². The number of benzene rings is 2. The number of nitrogens with zero attached hydrogens (tertiary/aromatic N) is 3. The van der Waals surface area contributed by atoms with Crippen molar-refractivity contribution in [1.29, 1.82) is 0 Å². The normalized spacial score (nSPS) is 11.7. The van der Waals surface area contributed by atoms with Crippen LogP contribution < -0.4 is 5.43 Å². The molecule has 31 heavy (non-hydrogen) atoms. The molecule has 0 unspecified atom stereocenters. The first-order chi connectivity index (χ1) is 14.9. The maximum atomic E-state index is 13.2. The molecule has 0 radical (unpaired) electrons. The number of pyridine rings is 1. The minimum absolute atomic E-state index is 0.0663. The highest BCUT2D eigenvalue weighted by Gasteiger charge is 2.26. The van der Waals surface area contributed by atoms with E-state index in [9.17, 15) is 13.2 Å². The Morgan fingerprint density at radius 3 is 2.48 bits per heavy atom. The van der Waals surface area contributed by atoms with Gasteiger partial charge in [-0.3, -0.25) is 9.78 Å². The molecule has 0 aliphatic heterocycles. The molecular weight excluding hydrogens is 436 g/mol. The molecule has 0 saturated carbocycles. The van der Waals surface area contributed by atoms with Gasteiger partial charge in [-0.1, -0.05) is 48.0 Å². The zero-order valence-electron chi connectivity index (χ0n) is 16.6. The highest BCUT2D eigenvalue weighted by molar-refractivity contribution is 7.89. The van der Waals surface area contributed by atoms with E-state index < -0.39 is 15.9 Å². The SMILES string of the molecule is O=C(CN(CCc1ccccc1)S(=O)(=O)c1ccc(Cl)cc1)N/N=C/c1cccnc1. The Morgan fingerprint density at radius 2 is 1.81 bits per heavy atom. The third-order valence-electron chi connectivity index (χ3n) is 4.35. The predicted molar refractivity (Wildman–Crippen MR) is 120 cm³/mol. The highest BCUT2D eigenvalue weighted by Crippen LogP contribution is 2.19. The summed E-state index contributed by atoms with van der Waals surface area (Å²) in [7, 11) is -3.91. The highest BCUT2D eigenvalue weighted by atomic mass is 35.5. The lowest BCUT2D eigenvalue weighted by Crippen LogP contribution is -2.40. The lowest BCUT2D eigenvalue weighted by atomic mass is 10.1. The molecule has 0 aliphatic rings. The van der Waals surface area contributed by atoms with Crippen LogP contribution in [0.3, 0.4) is 0 Å². The number of hydrogen-bond donors (Lipinski definition) is 1. The summed E-state index contributed by atoms with van der Waals surface area (Å²) in [6, 6.07) is 18.8. The molecular formula is C22H21ClN4O3S. The van der Waals surface area contributed by atoms with Crippen LogP contribution in [0.1, 0.15) is 11.1 Å². The molecule has 0 atom stereocenters. The van der Waals surface area contributed by atoms with E-state index in [0.29, 0.717) is 17.0 Å². The van der Waals surface area contributed by atoms with Crippen LogP contribution in [0.5, 0.6) is 0 Å². The summed E-state index contributed by atoms with van der Waals surface area (Å²) in [5.41, 5.74) is 4.04. The van der Waals surface area contributed by atoms with Crippen LogP contribution in [0.4, 0.5) is 0 Å². The second kappa shape index (κ2) is 10.8. The van der Waals surface area contributed by atoms with Gasteiger partial charge in [0, 0.05) is 29.5 Å². The number of hydrogen-bond acceptors (Lipinski definition) is 5. The van der Waals surface area contributed by atoms with Crippen LogP contribution in [0, 0.1) is 0 Å². The number of rotatable bonds is 9. The largest absolute Gasteiger partial charge is 0.272 e. The number of carbonyl (C=O) groups is 1. The Kier molecular flexibility index (Phi) is 7.88. The summed E-state index contributed by atoms with van der Waals surface area (Å²) in [4.78, 5) is 16.4. The number of nitrogens with one attached hydrogen (secondary N) is 1. The Morgan fingerprint density at radius 1 is 1.06 bits per heavy atom. The average molecular weight is 457 g/mol. The van der Waals surface area contributed by atoms with Crippen molar-refractivity contribution in [2.45, 2.75) is 11.3 Å². The maximum absolute atomic E-state index is 13.2. The van der Waals surface area contributed by atoms with Crippen molar-refractivity contribution in [3.8, 4) is 0 Å². The lowest BCUT2D eigenvalue weighted by Gasteiger charge is -2.21. The number of amides is 1. The zero-order chi connectivity index (χ0) is 22.1. The van der Waals surface area contributed by atoms with Crippen LogP contribution in [0.25, 0.3) is 0 Å². The van der Waals surface area contributed by atoms with Gasteiger partial charge in [0.1, 0.15) is 0 Å². The second-order valence-electron chi connectivity index (χ2n) is 6.61. The predicted octanol–water partition coefficient (Wildman–Crippen LogP) is 3.12. The number of sulfonamides is 1. The Bertz CT molecular complexity index is 1120. The van der Waals surface area contributed by atoms with Crippen LogP contribution >= 0.6 is 11.6 Å². The maximum Gasteiger partial charge on any atom is 0.255 e. The molecule has 0 saturated heterocycles. The first kappa shape index (κ1) is 22.6. The number of hydrazone groups is 1. The molecule has 1 N–H and O–H groups in total. The van der Waals surface area contributed by atoms with Crippen molar-refractivity contribution in [2.75, 3.05) is 13.1 Å². The van der Waals surface area contributed by atoms with Crippen LogP contribution in [-0.4, -0.2) is 42.9 Å². The van der Waals surface area contributed by atoms with Gasteiger partial charge in [0.15, 0.2) is 0 Å². The summed E-state index contributed by atoms with van der Waals surface area (Å²) in [6.07, 6.45) is 5.11. The summed E-state index contributed by atoms with van der Waals surface area (Å²) in [6.45, 7) is -0.239. The van der Waals surface area contributed by atoms with Crippen molar-refractivity contribution >= 4 is 33.7 Å². The van der Waals surface area contributed by atoms with Gasteiger partial charge in [-0.25, -0.2) is 13.8 Å². The number of carbonyl (C=O) groups excluding carboxylic acids is 1. The van der Waals surface area contributed by atoms with Gasteiger partial charge >= 0.3 is 0 Å². The molecule has 0 spiro atoms. The van der Waals surface area contributed by atoms with E-state index in [2.05, 4.69) is 15.5 Å². The third kappa shape index (κ3) is 6.71. The van der Waals surface area contributed by atoms with Gasteiger partial charge in [0.25, 0.3) is 5.91 Å².